The third-order valence-electron chi connectivity index (χ3n) is 2.22. The van der Waals surface area contributed by atoms with Crippen molar-refractivity contribution < 1.29 is 4.74 Å². The van der Waals surface area contributed by atoms with Crippen LogP contribution in [0.15, 0.2) is 18.3 Å². The Hall–Kier alpha value is -0.800. The van der Waals surface area contributed by atoms with E-state index in [2.05, 4.69) is 10.3 Å². The number of pyridine rings is 1. The van der Waals surface area contributed by atoms with Crippen LogP contribution in [0.2, 0.25) is 0 Å². The van der Waals surface area contributed by atoms with E-state index < -0.39 is 0 Å². The zero-order chi connectivity index (χ0) is 8.39. The van der Waals surface area contributed by atoms with Crippen LogP contribution < -0.4 is 10.1 Å². The van der Waals surface area contributed by atoms with E-state index in [4.69, 9.17) is 4.74 Å². The Morgan fingerprint density at radius 1 is 1.54 bits per heavy atom. The number of aromatic nitrogens is 1. The largest absolute Gasteiger partial charge is 0.481 e. The first-order valence-corrected chi connectivity index (χ1v) is 4.11. The molecule has 0 saturated carbocycles. The zero-order valence-electron chi connectivity index (χ0n) is 7.49. The van der Waals surface area contributed by atoms with Gasteiger partial charge in [-0.3, -0.25) is 0 Å². The Kier molecular flexibility index (Phi) is 3.51. The van der Waals surface area contributed by atoms with E-state index in [1.807, 2.05) is 12.1 Å². The van der Waals surface area contributed by atoms with Gasteiger partial charge in [0.15, 0.2) is 0 Å². The highest BCUT2D eigenvalue weighted by molar-refractivity contribution is 5.85. The maximum absolute atomic E-state index is 5.04. The summed E-state index contributed by atoms with van der Waals surface area (Å²) in [4.78, 5) is 4.06. The second kappa shape index (κ2) is 4.44. The van der Waals surface area contributed by atoms with Crippen LogP contribution >= 0.6 is 12.4 Å². The molecule has 0 aromatic carbocycles. The van der Waals surface area contributed by atoms with Gasteiger partial charge >= 0.3 is 0 Å². The molecule has 4 heteroatoms. The second-order valence-corrected chi connectivity index (χ2v) is 2.99. The van der Waals surface area contributed by atoms with Gasteiger partial charge in [0.25, 0.3) is 0 Å². The molecular weight excluding hydrogens is 188 g/mol. The van der Waals surface area contributed by atoms with Gasteiger partial charge in [-0.1, -0.05) is 0 Å². The Balaban J connectivity index is 0.000000845. The summed E-state index contributed by atoms with van der Waals surface area (Å²) in [6.45, 7) is 2.15. The molecule has 0 spiro atoms. The van der Waals surface area contributed by atoms with Gasteiger partial charge in [0.1, 0.15) is 0 Å². The van der Waals surface area contributed by atoms with Crippen LogP contribution in [0.25, 0.3) is 0 Å². The Morgan fingerprint density at radius 2 is 2.31 bits per heavy atom. The smallest absolute Gasteiger partial charge is 0.213 e. The van der Waals surface area contributed by atoms with Crippen LogP contribution in [0.3, 0.4) is 0 Å². The first kappa shape index (κ1) is 10.3. The molecule has 0 amide bonds. The minimum Gasteiger partial charge on any atom is -0.481 e. The second-order valence-electron chi connectivity index (χ2n) is 2.99. The molecule has 1 aromatic rings. The molecule has 0 radical (unpaired) electrons. The monoisotopic (exact) mass is 200 g/mol. The van der Waals surface area contributed by atoms with Gasteiger partial charge in [-0.05, 0) is 11.6 Å². The van der Waals surface area contributed by atoms with E-state index in [9.17, 15) is 0 Å². The van der Waals surface area contributed by atoms with Crippen molar-refractivity contribution in [3.63, 3.8) is 0 Å². The summed E-state index contributed by atoms with van der Waals surface area (Å²) >= 11 is 0. The number of nitrogens with one attached hydrogen (secondary N) is 1. The van der Waals surface area contributed by atoms with Gasteiger partial charge in [0, 0.05) is 31.3 Å². The maximum Gasteiger partial charge on any atom is 0.213 e. The Labute approximate surface area is 83.9 Å². The maximum atomic E-state index is 5.04. The quantitative estimate of drug-likeness (QED) is 0.779. The fourth-order valence-corrected chi connectivity index (χ4v) is 1.31. The average Bonchev–Trinajstić information content (AvgIpc) is 2.02. The van der Waals surface area contributed by atoms with Crippen LogP contribution in [0.1, 0.15) is 11.5 Å². The summed E-state index contributed by atoms with van der Waals surface area (Å²) in [6.07, 6.45) is 1.80. The van der Waals surface area contributed by atoms with E-state index in [1.165, 1.54) is 5.56 Å². The van der Waals surface area contributed by atoms with Crippen LogP contribution in [0.4, 0.5) is 0 Å². The fraction of sp³-hybridized carbons (Fsp3) is 0.444. The molecule has 0 aliphatic carbocycles. The number of nitrogens with zero attached hydrogens (tertiary/aromatic N) is 1. The number of ether oxygens (including phenoxy) is 1. The van der Waals surface area contributed by atoms with Gasteiger partial charge in [0.2, 0.25) is 5.88 Å². The third-order valence-corrected chi connectivity index (χ3v) is 2.22. The molecule has 13 heavy (non-hydrogen) atoms. The van der Waals surface area contributed by atoms with Crippen molar-refractivity contribution in [3.8, 4) is 5.88 Å². The average molecular weight is 201 g/mol. The molecule has 3 nitrogen and oxygen atoms in total. The Morgan fingerprint density at radius 3 is 2.85 bits per heavy atom. The SMILES string of the molecule is COc1cc(C2CNC2)ccn1.Cl. The van der Waals surface area contributed by atoms with E-state index in [0.29, 0.717) is 11.8 Å². The van der Waals surface area contributed by atoms with Gasteiger partial charge in [-0.2, -0.15) is 0 Å². The first-order valence-electron chi connectivity index (χ1n) is 4.11. The highest BCUT2D eigenvalue weighted by atomic mass is 35.5. The number of hydrogen-bond acceptors (Lipinski definition) is 3. The van der Waals surface area contributed by atoms with Crippen molar-refractivity contribution in [2.75, 3.05) is 20.2 Å². The van der Waals surface area contributed by atoms with Gasteiger partial charge in [-0.15, -0.1) is 12.4 Å². The molecule has 1 fully saturated rings. The van der Waals surface area contributed by atoms with Crippen molar-refractivity contribution in [1.82, 2.24) is 10.3 Å². The lowest BCUT2D eigenvalue weighted by molar-refractivity contribution is 0.393. The summed E-state index contributed by atoms with van der Waals surface area (Å²) in [6, 6.07) is 4.06. The molecule has 1 aliphatic rings. The van der Waals surface area contributed by atoms with E-state index in [-0.39, 0.29) is 12.4 Å². The zero-order valence-corrected chi connectivity index (χ0v) is 8.30. The topological polar surface area (TPSA) is 34.1 Å². The van der Waals surface area contributed by atoms with E-state index >= 15 is 0 Å². The molecule has 2 rings (SSSR count). The predicted octanol–water partition coefficient (Wildman–Crippen LogP) is 1.20. The normalized spacial score (nSPS) is 15.8. The lowest BCUT2D eigenvalue weighted by Crippen LogP contribution is -2.39. The van der Waals surface area contributed by atoms with Crippen LogP contribution in [-0.4, -0.2) is 25.2 Å². The minimum atomic E-state index is 0. The molecule has 2 heterocycles. The summed E-state index contributed by atoms with van der Waals surface area (Å²) in [5.41, 5.74) is 1.32. The van der Waals surface area contributed by atoms with Crippen molar-refractivity contribution in [1.29, 1.82) is 0 Å². The molecule has 72 valence electrons. The fourth-order valence-electron chi connectivity index (χ4n) is 1.31. The molecule has 1 saturated heterocycles. The molecule has 0 unspecified atom stereocenters. The van der Waals surface area contributed by atoms with Gasteiger partial charge in [-0.25, -0.2) is 4.98 Å². The Bertz CT molecular complexity index is 276. The van der Waals surface area contributed by atoms with Crippen molar-refractivity contribution in [2.45, 2.75) is 5.92 Å². The molecule has 1 aliphatic heterocycles. The van der Waals surface area contributed by atoms with Gasteiger partial charge < -0.3 is 10.1 Å². The summed E-state index contributed by atoms with van der Waals surface area (Å²) in [5, 5.41) is 3.24. The standard InChI is InChI=1S/C9H12N2O.ClH/c1-12-9-4-7(2-3-11-9)8-5-10-6-8;/h2-4,8,10H,5-6H2,1H3;1H. The number of methoxy groups -OCH3 is 1. The lowest BCUT2D eigenvalue weighted by Gasteiger charge is -2.27. The summed E-state index contributed by atoms with van der Waals surface area (Å²) in [7, 11) is 1.64. The van der Waals surface area contributed by atoms with Crippen LogP contribution in [0, 0.1) is 0 Å². The molecule has 1 N–H and O–H groups in total. The highest BCUT2D eigenvalue weighted by Gasteiger charge is 2.18. The first-order chi connectivity index (χ1) is 5.90. The van der Waals surface area contributed by atoms with Crippen LogP contribution in [-0.2, 0) is 0 Å². The van der Waals surface area contributed by atoms with Crippen molar-refractivity contribution in [3.05, 3.63) is 23.9 Å². The number of halogens is 1. The number of rotatable bonds is 2. The van der Waals surface area contributed by atoms with Crippen molar-refractivity contribution >= 4 is 12.4 Å². The molecule has 1 aromatic heterocycles. The highest BCUT2D eigenvalue weighted by Crippen LogP contribution is 2.21. The van der Waals surface area contributed by atoms with Gasteiger partial charge in [0.05, 0.1) is 7.11 Å². The molecule has 0 atom stereocenters. The van der Waals surface area contributed by atoms with Crippen molar-refractivity contribution in [2.24, 2.45) is 0 Å². The third kappa shape index (κ3) is 2.11. The van der Waals surface area contributed by atoms with E-state index in [1.54, 1.807) is 13.3 Å². The predicted molar refractivity (Wildman–Crippen MR) is 53.6 cm³/mol. The summed E-state index contributed by atoms with van der Waals surface area (Å²) in [5.74, 6) is 1.36. The molecule has 0 bridgehead atoms. The minimum absolute atomic E-state index is 0. The van der Waals surface area contributed by atoms with Crippen LogP contribution in [0.5, 0.6) is 5.88 Å². The number of hydrogen-bond donors (Lipinski definition) is 1. The summed E-state index contributed by atoms with van der Waals surface area (Å²) < 4.78 is 5.04. The lowest BCUT2D eigenvalue weighted by atomic mass is 9.95. The van der Waals surface area contributed by atoms with E-state index in [0.717, 1.165) is 13.1 Å². The molecular formula is C9H13ClN2O.